The Balaban J connectivity index is 1.84. The molecule has 112 valence electrons. The van der Waals surface area contributed by atoms with Crippen molar-refractivity contribution < 1.29 is 9.59 Å². The molecule has 0 bridgehead atoms. The average Bonchev–Trinajstić information content (AvgIpc) is 2.95. The molecule has 1 fully saturated rings. The monoisotopic (exact) mass is 307 g/mol. The number of Topliss-reactive ketones (excluding diaryl/α,β-unsaturated/α-hetero) is 1. The summed E-state index contributed by atoms with van der Waals surface area (Å²) in [6.45, 7) is 2.00. The largest absolute Gasteiger partial charge is 0.372 e. The summed E-state index contributed by atoms with van der Waals surface area (Å²) in [5, 5.41) is 3.09. The van der Waals surface area contributed by atoms with E-state index >= 15 is 0 Å². The molecule has 0 aromatic heterocycles. The zero-order valence-corrected chi connectivity index (χ0v) is 12.9. The summed E-state index contributed by atoms with van der Waals surface area (Å²) < 4.78 is 0. The van der Waals surface area contributed by atoms with Gasteiger partial charge in [0.05, 0.1) is 22.0 Å². The molecule has 0 saturated carbocycles. The third-order valence-electron chi connectivity index (χ3n) is 4.35. The van der Waals surface area contributed by atoms with Gasteiger partial charge in [-0.2, -0.15) is 0 Å². The van der Waals surface area contributed by atoms with E-state index in [-0.39, 0.29) is 0 Å². The van der Waals surface area contributed by atoms with Crippen LogP contribution in [-0.4, -0.2) is 49.8 Å². The summed E-state index contributed by atoms with van der Waals surface area (Å²) in [4.78, 5) is 27.5. The molecule has 1 N–H and O–H groups in total. The van der Waals surface area contributed by atoms with E-state index in [9.17, 15) is 9.59 Å². The van der Waals surface area contributed by atoms with Crippen LogP contribution in [0.4, 0.5) is 11.4 Å². The third-order valence-corrected chi connectivity index (χ3v) is 4.66. The first-order valence-electron chi connectivity index (χ1n) is 7.08. The maximum Gasteiger partial charge on any atom is 0.296 e. The van der Waals surface area contributed by atoms with Gasteiger partial charge in [0.25, 0.3) is 11.7 Å². The lowest BCUT2D eigenvalue weighted by atomic mass is 10.1. The van der Waals surface area contributed by atoms with Gasteiger partial charge in [-0.1, -0.05) is 11.6 Å². The second-order valence-corrected chi connectivity index (χ2v) is 6.20. The quantitative estimate of drug-likeness (QED) is 0.868. The molecule has 0 radical (unpaired) electrons. The fraction of sp³-hybridized carbons (Fsp3) is 0.467. The normalized spacial score (nSPS) is 21.6. The minimum absolute atomic E-state index is 0.361. The Morgan fingerprint density at radius 1 is 1.43 bits per heavy atom. The molecule has 1 atom stereocenters. The molecule has 2 aliphatic heterocycles. The lowest BCUT2D eigenvalue weighted by Gasteiger charge is -2.28. The Labute approximate surface area is 128 Å². The first-order valence-corrected chi connectivity index (χ1v) is 7.46. The number of amides is 1. The lowest BCUT2D eigenvalue weighted by molar-refractivity contribution is -0.112. The van der Waals surface area contributed by atoms with Crippen LogP contribution in [0.15, 0.2) is 12.1 Å². The maximum atomic E-state index is 11.7. The number of fused-ring (bicyclic) bond motifs is 1. The van der Waals surface area contributed by atoms with E-state index in [0.717, 1.165) is 18.8 Å². The number of rotatable bonds is 3. The van der Waals surface area contributed by atoms with Crippen LogP contribution in [0.25, 0.3) is 0 Å². The minimum Gasteiger partial charge on any atom is -0.372 e. The SMILES string of the molecule is CN(CC1CCCN1C)c1cc2c(cc1Cl)C(=O)C(=O)N2. The van der Waals surface area contributed by atoms with Crippen molar-refractivity contribution in [2.24, 2.45) is 0 Å². The Hall–Kier alpha value is -1.59. The van der Waals surface area contributed by atoms with Crippen LogP contribution < -0.4 is 10.2 Å². The molecule has 1 amide bonds. The molecule has 5 nitrogen and oxygen atoms in total. The molecular weight excluding hydrogens is 290 g/mol. The predicted molar refractivity (Wildman–Crippen MR) is 83.3 cm³/mol. The van der Waals surface area contributed by atoms with Gasteiger partial charge in [-0.3, -0.25) is 9.59 Å². The van der Waals surface area contributed by atoms with Crippen LogP contribution >= 0.6 is 11.6 Å². The van der Waals surface area contributed by atoms with E-state index in [4.69, 9.17) is 11.6 Å². The van der Waals surface area contributed by atoms with Crippen molar-refractivity contribution in [2.75, 3.05) is 37.4 Å². The van der Waals surface area contributed by atoms with Crippen LogP contribution in [0.2, 0.25) is 5.02 Å². The molecule has 1 unspecified atom stereocenters. The smallest absolute Gasteiger partial charge is 0.296 e. The van der Waals surface area contributed by atoms with E-state index in [1.807, 2.05) is 7.05 Å². The van der Waals surface area contributed by atoms with E-state index in [0.29, 0.717) is 22.3 Å². The Kier molecular flexibility index (Phi) is 3.63. The third kappa shape index (κ3) is 2.51. The van der Waals surface area contributed by atoms with Crippen molar-refractivity contribution in [2.45, 2.75) is 18.9 Å². The molecule has 2 heterocycles. The van der Waals surface area contributed by atoms with Crippen molar-refractivity contribution in [3.05, 3.63) is 22.7 Å². The molecule has 1 aromatic carbocycles. The van der Waals surface area contributed by atoms with Crippen molar-refractivity contribution >= 4 is 34.7 Å². The number of halogens is 1. The first kappa shape index (κ1) is 14.4. The highest BCUT2D eigenvalue weighted by molar-refractivity contribution is 6.52. The number of carbonyl (C=O) groups excluding carboxylic acids is 2. The second kappa shape index (κ2) is 5.31. The van der Waals surface area contributed by atoms with Crippen LogP contribution in [0.3, 0.4) is 0 Å². The maximum absolute atomic E-state index is 11.7. The fourth-order valence-corrected chi connectivity index (χ4v) is 3.38. The highest BCUT2D eigenvalue weighted by atomic mass is 35.5. The summed E-state index contributed by atoms with van der Waals surface area (Å²) in [6.07, 6.45) is 2.40. The molecule has 0 aliphatic carbocycles. The Bertz CT molecular complexity index is 617. The van der Waals surface area contributed by atoms with Crippen molar-refractivity contribution in [1.29, 1.82) is 0 Å². The lowest BCUT2D eigenvalue weighted by Crippen LogP contribution is -2.36. The number of likely N-dealkylation sites (N-methyl/N-ethyl adjacent to an activating group) is 2. The van der Waals surface area contributed by atoms with Gasteiger partial charge in [0.1, 0.15) is 0 Å². The molecule has 3 rings (SSSR count). The van der Waals surface area contributed by atoms with Crippen molar-refractivity contribution in [1.82, 2.24) is 4.90 Å². The van der Waals surface area contributed by atoms with E-state index in [1.54, 1.807) is 12.1 Å². The highest BCUT2D eigenvalue weighted by Crippen LogP contribution is 2.35. The van der Waals surface area contributed by atoms with Gasteiger partial charge >= 0.3 is 0 Å². The van der Waals surface area contributed by atoms with Gasteiger partial charge in [-0.05, 0) is 38.6 Å². The van der Waals surface area contributed by atoms with E-state index in [2.05, 4.69) is 22.2 Å². The van der Waals surface area contributed by atoms with E-state index < -0.39 is 11.7 Å². The zero-order chi connectivity index (χ0) is 15.1. The topological polar surface area (TPSA) is 52.7 Å². The van der Waals surface area contributed by atoms with Crippen LogP contribution in [0, 0.1) is 0 Å². The molecule has 1 saturated heterocycles. The summed E-state index contributed by atoms with van der Waals surface area (Å²) in [5.74, 6) is -1.10. The standard InChI is InChI=1S/C15H18ClN3O2/c1-18-5-3-4-9(18)8-19(2)13-7-12-10(6-11(13)16)14(20)15(21)17-12/h6-7,9H,3-5,8H2,1-2H3,(H,17,20,21). The number of anilines is 2. The average molecular weight is 308 g/mol. The van der Waals surface area contributed by atoms with Crippen molar-refractivity contribution in [3.8, 4) is 0 Å². The number of ketones is 1. The number of nitrogens with zero attached hydrogens (tertiary/aromatic N) is 2. The highest BCUT2D eigenvalue weighted by Gasteiger charge is 2.30. The predicted octanol–water partition coefficient (Wildman–Crippen LogP) is 2.01. The van der Waals surface area contributed by atoms with Gasteiger partial charge in [-0.25, -0.2) is 0 Å². The summed E-state index contributed by atoms with van der Waals surface area (Å²) in [5.41, 5.74) is 1.75. The van der Waals surface area contributed by atoms with Gasteiger partial charge < -0.3 is 15.1 Å². The number of hydrogen-bond donors (Lipinski definition) is 1. The number of benzene rings is 1. The number of carbonyl (C=O) groups is 2. The second-order valence-electron chi connectivity index (χ2n) is 5.79. The summed E-state index contributed by atoms with van der Waals surface area (Å²) in [6, 6.07) is 3.88. The summed E-state index contributed by atoms with van der Waals surface area (Å²) in [7, 11) is 4.12. The number of nitrogens with one attached hydrogen (secondary N) is 1. The first-order chi connectivity index (χ1) is 9.97. The summed E-state index contributed by atoms with van der Waals surface area (Å²) >= 11 is 6.29. The molecular formula is C15H18ClN3O2. The van der Waals surface area contributed by atoms with Crippen LogP contribution in [-0.2, 0) is 4.79 Å². The molecule has 21 heavy (non-hydrogen) atoms. The number of hydrogen-bond acceptors (Lipinski definition) is 4. The molecule has 0 spiro atoms. The van der Waals surface area contributed by atoms with Gasteiger partial charge in [0, 0.05) is 19.6 Å². The fourth-order valence-electron chi connectivity index (χ4n) is 3.07. The number of likely N-dealkylation sites (tertiary alicyclic amines) is 1. The van der Waals surface area contributed by atoms with E-state index in [1.165, 1.54) is 12.8 Å². The van der Waals surface area contributed by atoms with Crippen LogP contribution in [0.5, 0.6) is 0 Å². The van der Waals surface area contributed by atoms with Gasteiger partial charge in [0.15, 0.2) is 0 Å². The zero-order valence-electron chi connectivity index (χ0n) is 12.1. The van der Waals surface area contributed by atoms with Crippen molar-refractivity contribution in [3.63, 3.8) is 0 Å². The minimum atomic E-state index is -0.587. The Morgan fingerprint density at radius 2 is 2.19 bits per heavy atom. The molecule has 1 aromatic rings. The van der Waals surface area contributed by atoms with Crippen LogP contribution in [0.1, 0.15) is 23.2 Å². The van der Waals surface area contributed by atoms with Gasteiger partial charge in [0.2, 0.25) is 0 Å². The Morgan fingerprint density at radius 3 is 2.86 bits per heavy atom. The van der Waals surface area contributed by atoms with Gasteiger partial charge in [-0.15, -0.1) is 0 Å². The molecule has 2 aliphatic rings. The molecule has 6 heteroatoms.